The Hall–Kier alpha value is -2.20. The van der Waals surface area contributed by atoms with E-state index < -0.39 is 5.97 Å². The summed E-state index contributed by atoms with van der Waals surface area (Å²) < 4.78 is 6.31. The van der Waals surface area contributed by atoms with Crippen molar-refractivity contribution in [1.82, 2.24) is 19.7 Å². The quantitative estimate of drug-likeness (QED) is 0.529. The van der Waals surface area contributed by atoms with Crippen LogP contribution in [0.3, 0.4) is 0 Å². The molecule has 26 heavy (non-hydrogen) atoms. The number of hydrogen-bond donors (Lipinski definition) is 2. The highest BCUT2D eigenvalue weighted by Gasteiger charge is 2.41. The van der Waals surface area contributed by atoms with E-state index in [-0.39, 0.29) is 23.8 Å². The SMILES string of the molecule is COC(=O)c1nc(N2CCC3(CC2)CC(O)CN(C)C3)n(C)n1.O=CO. The van der Waals surface area contributed by atoms with Gasteiger partial charge >= 0.3 is 5.97 Å². The minimum Gasteiger partial charge on any atom is -0.483 e. The van der Waals surface area contributed by atoms with Crippen molar-refractivity contribution in [2.75, 3.05) is 45.2 Å². The molecule has 146 valence electrons. The van der Waals surface area contributed by atoms with Gasteiger partial charge in [0.25, 0.3) is 12.3 Å². The van der Waals surface area contributed by atoms with E-state index in [1.807, 2.05) is 0 Å². The topological polar surface area (TPSA) is 121 Å². The lowest BCUT2D eigenvalue weighted by Crippen LogP contribution is -2.53. The predicted molar refractivity (Wildman–Crippen MR) is 93.0 cm³/mol. The second-order valence-corrected chi connectivity index (χ2v) is 7.00. The number of likely N-dealkylation sites (N-methyl/N-ethyl adjacent to an activating group) is 1. The zero-order valence-electron chi connectivity index (χ0n) is 15.5. The molecule has 0 aromatic carbocycles. The first-order valence-electron chi connectivity index (χ1n) is 8.53. The lowest BCUT2D eigenvalue weighted by atomic mass is 9.72. The van der Waals surface area contributed by atoms with Gasteiger partial charge in [0.15, 0.2) is 0 Å². The number of aromatic nitrogens is 3. The fourth-order valence-electron chi connectivity index (χ4n) is 4.00. The molecule has 10 nitrogen and oxygen atoms in total. The summed E-state index contributed by atoms with van der Waals surface area (Å²) in [4.78, 5) is 28.6. The second kappa shape index (κ2) is 8.45. The molecule has 1 unspecified atom stereocenters. The van der Waals surface area contributed by atoms with Crippen molar-refractivity contribution in [1.29, 1.82) is 0 Å². The normalized spacial score (nSPS) is 22.5. The molecule has 10 heteroatoms. The van der Waals surface area contributed by atoms with E-state index in [2.05, 4.69) is 31.7 Å². The van der Waals surface area contributed by atoms with Crippen molar-refractivity contribution in [3.63, 3.8) is 0 Å². The Morgan fingerprint density at radius 2 is 1.96 bits per heavy atom. The molecular formula is C16H27N5O5. The monoisotopic (exact) mass is 369 g/mol. The summed E-state index contributed by atoms with van der Waals surface area (Å²) in [6.07, 6.45) is 2.65. The predicted octanol–water partition coefficient (Wildman–Crippen LogP) is -0.414. The number of carbonyl (C=O) groups is 2. The molecule has 2 fully saturated rings. The number of likely N-dealkylation sites (tertiary alicyclic amines) is 1. The number of nitrogens with zero attached hydrogens (tertiary/aromatic N) is 5. The Morgan fingerprint density at radius 3 is 2.50 bits per heavy atom. The van der Waals surface area contributed by atoms with E-state index in [9.17, 15) is 9.90 Å². The van der Waals surface area contributed by atoms with Gasteiger partial charge in [-0.2, -0.15) is 4.98 Å². The number of esters is 1. The van der Waals surface area contributed by atoms with Crippen LogP contribution in [0, 0.1) is 5.41 Å². The van der Waals surface area contributed by atoms with Gasteiger partial charge in [-0.3, -0.25) is 4.79 Å². The summed E-state index contributed by atoms with van der Waals surface area (Å²) in [6.45, 7) is 3.25. The van der Waals surface area contributed by atoms with Crippen molar-refractivity contribution in [2.24, 2.45) is 12.5 Å². The molecule has 2 aliphatic heterocycles. The van der Waals surface area contributed by atoms with Crippen molar-refractivity contribution in [3.8, 4) is 0 Å². The van der Waals surface area contributed by atoms with Crippen molar-refractivity contribution in [3.05, 3.63) is 5.82 Å². The van der Waals surface area contributed by atoms with Gasteiger partial charge in [-0.1, -0.05) is 0 Å². The fraction of sp³-hybridized carbons (Fsp3) is 0.750. The van der Waals surface area contributed by atoms with Crippen LogP contribution in [0.1, 0.15) is 29.9 Å². The molecule has 2 aliphatic rings. The van der Waals surface area contributed by atoms with Crippen LogP contribution in [0.15, 0.2) is 0 Å². The highest BCUT2D eigenvalue weighted by molar-refractivity contribution is 5.85. The smallest absolute Gasteiger partial charge is 0.378 e. The van der Waals surface area contributed by atoms with Crippen molar-refractivity contribution in [2.45, 2.75) is 25.4 Å². The number of piperidine rings is 2. The van der Waals surface area contributed by atoms with Gasteiger partial charge in [0.2, 0.25) is 5.95 Å². The standard InChI is InChI=1S/C15H25N5O3.CH2O2/c1-18-9-11(21)8-15(10-18)4-6-20(7-5-15)14-16-12(13(22)23-3)17-19(14)2;2-1-3/h11,21H,4-10H2,1-3H3;1H,(H,2,3). The van der Waals surface area contributed by atoms with Gasteiger partial charge in [0.05, 0.1) is 13.2 Å². The first kappa shape index (κ1) is 20.1. The Balaban J connectivity index is 0.000000758. The Kier molecular flexibility index (Phi) is 6.54. The highest BCUT2D eigenvalue weighted by Crippen LogP contribution is 2.40. The molecule has 3 heterocycles. The Morgan fingerprint density at radius 1 is 1.35 bits per heavy atom. The number of aliphatic hydroxyl groups excluding tert-OH is 1. The molecule has 1 aromatic heterocycles. The number of ether oxygens (including phenoxy) is 1. The maximum Gasteiger partial charge on any atom is 0.378 e. The van der Waals surface area contributed by atoms with Gasteiger partial charge in [0, 0.05) is 33.2 Å². The Bertz CT molecular complexity index is 615. The molecule has 1 spiro atoms. The average molecular weight is 369 g/mol. The fourth-order valence-corrected chi connectivity index (χ4v) is 4.00. The van der Waals surface area contributed by atoms with Gasteiger partial charge < -0.3 is 24.7 Å². The van der Waals surface area contributed by atoms with Crippen LogP contribution < -0.4 is 4.90 Å². The van der Waals surface area contributed by atoms with Gasteiger partial charge in [-0.05, 0) is 31.7 Å². The highest BCUT2D eigenvalue weighted by atomic mass is 16.5. The number of aliphatic hydroxyl groups is 1. The third kappa shape index (κ3) is 4.50. The molecule has 3 rings (SSSR count). The minimum absolute atomic E-state index is 0.0955. The van der Waals surface area contributed by atoms with Crippen molar-refractivity contribution >= 4 is 18.4 Å². The summed E-state index contributed by atoms with van der Waals surface area (Å²) >= 11 is 0. The summed E-state index contributed by atoms with van der Waals surface area (Å²) in [5.74, 6) is 0.278. The summed E-state index contributed by atoms with van der Waals surface area (Å²) in [6, 6.07) is 0. The first-order valence-corrected chi connectivity index (χ1v) is 8.53. The molecule has 1 atom stereocenters. The average Bonchev–Trinajstić information content (AvgIpc) is 2.96. The van der Waals surface area contributed by atoms with Gasteiger partial charge in [-0.15, -0.1) is 5.10 Å². The number of rotatable bonds is 2. The molecule has 0 bridgehead atoms. The molecule has 0 radical (unpaired) electrons. The maximum absolute atomic E-state index is 11.6. The van der Waals surface area contributed by atoms with Gasteiger partial charge in [-0.25, -0.2) is 9.48 Å². The summed E-state index contributed by atoms with van der Waals surface area (Å²) in [7, 11) is 5.19. The number of hydrogen-bond acceptors (Lipinski definition) is 8. The van der Waals surface area contributed by atoms with E-state index in [1.54, 1.807) is 11.7 Å². The lowest BCUT2D eigenvalue weighted by Gasteiger charge is -2.48. The maximum atomic E-state index is 11.6. The molecular weight excluding hydrogens is 342 g/mol. The molecule has 2 saturated heterocycles. The van der Waals surface area contributed by atoms with Crippen LogP contribution in [-0.2, 0) is 16.6 Å². The zero-order chi connectivity index (χ0) is 19.3. The van der Waals surface area contributed by atoms with E-state index in [0.29, 0.717) is 5.95 Å². The molecule has 1 aromatic rings. The lowest BCUT2D eigenvalue weighted by molar-refractivity contribution is -0.122. The Labute approximate surface area is 152 Å². The summed E-state index contributed by atoms with van der Waals surface area (Å²) in [5, 5.41) is 21.1. The second-order valence-electron chi connectivity index (χ2n) is 7.00. The molecule has 0 aliphatic carbocycles. The molecule has 0 saturated carbocycles. The van der Waals surface area contributed by atoms with E-state index >= 15 is 0 Å². The first-order chi connectivity index (χ1) is 12.3. The molecule has 2 N–H and O–H groups in total. The number of anilines is 1. The zero-order valence-corrected chi connectivity index (χ0v) is 15.5. The number of carboxylic acid groups (broad SMARTS) is 1. The minimum atomic E-state index is -0.516. The molecule has 0 amide bonds. The van der Waals surface area contributed by atoms with Crippen molar-refractivity contribution < 1.29 is 24.5 Å². The third-order valence-corrected chi connectivity index (χ3v) is 5.01. The third-order valence-electron chi connectivity index (χ3n) is 5.01. The number of carbonyl (C=O) groups excluding carboxylic acids is 1. The number of β-amino-alcohol motifs (C(OH)–C–C–N with tert-alkyl or cyclic N) is 1. The van der Waals surface area contributed by atoms with Crippen LogP contribution >= 0.6 is 0 Å². The van der Waals surface area contributed by atoms with Crippen LogP contribution in [0.25, 0.3) is 0 Å². The van der Waals surface area contributed by atoms with Gasteiger partial charge in [0.1, 0.15) is 0 Å². The van der Waals surface area contributed by atoms with E-state index in [1.165, 1.54) is 7.11 Å². The number of aryl methyl sites for hydroxylation is 1. The summed E-state index contributed by atoms with van der Waals surface area (Å²) in [5.41, 5.74) is 0.187. The largest absolute Gasteiger partial charge is 0.483 e. The van der Waals surface area contributed by atoms with E-state index in [4.69, 9.17) is 9.90 Å². The number of methoxy groups -OCH3 is 1. The van der Waals surface area contributed by atoms with E-state index in [0.717, 1.165) is 45.4 Å². The van der Waals surface area contributed by atoms with Crippen LogP contribution in [0.4, 0.5) is 5.95 Å². The van der Waals surface area contributed by atoms with Crippen LogP contribution in [0.5, 0.6) is 0 Å². The van der Waals surface area contributed by atoms with Crippen LogP contribution in [-0.4, -0.2) is 88.8 Å². The van der Waals surface area contributed by atoms with Crippen LogP contribution in [0.2, 0.25) is 0 Å².